The molecule has 0 saturated carbocycles. The highest BCUT2D eigenvalue weighted by atomic mass is 19.1. The first-order chi connectivity index (χ1) is 9.22. The zero-order valence-electron chi connectivity index (χ0n) is 10.5. The quantitative estimate of drug-likeness (QED) is 0.900. The second-order valence-electron chi connectivity index (χ2n) is 4.01. The summed E-state index contributed by atoms with van der Waals surface area (Å²) in [5, 5.41) is 9.95. The molecular weight excluding hydrogens is 247 g/mol. The molecule has 100 valence electrons. The molecule has 0 bridgehead atoms. The second kappa shape index (κ2) is 6.20. The number of halogens is 1. The molecule has 2 rings (SSSR count). The number of benzene rings is 2. The highest BCUT2D eigenvalue weighted by molar-refractivity contribution is 5.40. The van der Waals surface area contributed by atoms with E-state index in [9.17, 15) is 9.50 Å². The predicted molar refractivity (Wildman–Crippen MR) is 69.8 cm³/mol. The van der Waals surface area contributed by atoms with Crippen LogP contribution in [0, 0.1) is 5.82 Å². The van der Waals surface area contributed by atoms with Crippen molar-refractivity contribution < 1.29 is 19.0 Å². The average molecular weight is 262 g/mol. The Bertz CT molecular complexity index is 528. The monoisotopic (exact) mass is 262 g/mol. The summed E-state index contributed by atoms with van der Waals surface area (Å²) < 4.78 is 23.9. The van der Waals surface area contributed by atoms with Gasteiger partial charge in [0.25, 0.3) is 0 Å². The van der Waals surface area contributed by atoms with E-state index in [4.69, 9.17) is 9.47 Å². The molecule has 0 amide bonds. The first kappa shape index (κ1) is 13.4. The van der Waals surface area contributed by atoms with E-state index in [-0.39, 0.29) is 12.4 Å². The van der Waals surface area contributed by atoms with E-state index < -0.39 is 11.9 Å². The van der Waals surface area contributed by atoms with Gasteiger partial charge in [-0.25, -0.2) is 4.39 Å². The molecular formula is C15H15FO3. The van der Waals surface area contributed by atoms with Gasteiger partial charge in [0.2, 0.25) is 0 Å². The Morgan fingerprint density at radius 2 is 1.84 bits per heavy atom. The minimum absolute atomic E-state index is 0.0139. The Morgan fingerprint density at radius 3 is 2.53 bits per heavy atom. The van der Waals surface area contributed by atoms with Crippen LogP contribution in [0.2, 0.25) is 0 Å². The standard InChI is InChI=1S/C15H15FO3/c1-18-14-9-5-8-12(16)15(14)19-10-13(17)11-6-3-2-4-7-11/h2-9,13,17H,10H2,1H3. The topological polar surface area (TPSA) is 38.7 Å². The predicted octanol–water partition coefficient (Wildman–Crippen LogP) is 2.95. The number of rotatable bonds is 5. The van der Waals surface area contributed by atoms with Gasteiger partial charge in [-0.3, -0.25) is 0 Å². The van der Waals surface area contributed by atoms with Gasteiger partial charge < -0.3 is 14.6 Å². The smallest absolute Gasteiger partial charge is 0.197 e. The van der Waals surface area contributed by atoms with Crippen molar-refractivity contribution >= 4 is 0 Å². The number of aliphatic hydroxyl groups excluding tert-OH is 1. The van der Waals surface area contributed by atoms with E-state index in [2.05, 4.69) is 0 Å². The molecule has 0 aliphatic rings. The molecule has 0 heterocycles. The van der Waals surface area contributed by atoms with Crippen LogP contribution in [-0.2, 0) is 0 Å². The molecule has 0 aliphatic carbocycles. The van der Waals surface area contributed by atoms with Crippen molar-refractivity contribution in [3.8, 4) is 11.5 Å². The maximum atomic E-state index is 13.6. The van der Waals surface area contributed by atoms with Crippen molar-refractivity contribution in [2.75, 3.05) is 13.7 Å². The van der Waals surface area contributed by atoms with E-state index in [0.717, 1.165) is 5.56 Å². The van der Waals surface area contributed by atoms with Gasteiger partial charge in [0.05, 0.1) is 7.11 Å². The third kappa shape index (κ3) is 3.23. The van der Waals surface area contributed by atoms with Gasteiger partial charge in [-0.2, -0.15) is 0 Å². The molecule has 3 nitrogen and oxygen atoms in total. The lowest BCUT2D eigenvalue weighted by molar-refractivity contribution is 0.104. The Balaban J connectivity index is 2.07. The van der Waals surface area contributed by atoms with Gasteiger partial charge in [0.15, 0.2) is 17.3 Å². The van der Waals surface area contributed by atoms with Gasteiger partial charge in [-0.15, -0.1) is 0 Å². The van der Waals surface area contributed by atoms with E-state index in [1.807, 2.05) is 18.2 Å². The number of hydrogen-bond acceptors (Lipinski definition) is 3. The Morgan fingerprint density at radius 1 is 1.11 bits per heavy atom. The second-order valence-corrected chi connectivity index (χ2v) is 4.01. The summed E-state index contributed by atoms with van der Waals surface area (Å²) in [7, 11) is 1.44. The maximum absolute atomic E-state index is 13.6. The summed E-state index contributed by atoms with van der Waals surface area (Å²) in [6.45, 7) is -0.0404. The summed E-state index contributed by atoms with van der Waals surface area (Å²) in [6.07, 6.45) is -0.814. The molecule has 19 heavy (non-hydrogen) atoms. The summed E-state index contributed by atoms with van der Waals surface area (Å²) >= 11 is 0. The number of ether oxygens (including phenoxy) is 2. The van der Waals surface area contributed by atoms with E-state index in [0.29, 0.717) is 5.75 Å². The number of aliphatic hydroxyl groups is 1. The molecule has 2 aromatic rings. The zero-order chi connectivity index (χ0) is 13.7. The molecule has 0 saturated heterocycles. The summed E-state index contributed by atoms with van der Waals surface area (Å²) in [4.78, 5) is 0. The van der Waals surface area contributed by atoms with Crippen LogP contribution in [0.1, 0.15) is 11.7 Å². The molecule has 0 spiro atoms. The van der Waals surface area contributed by atoms with E-state index in [1.165, 1.54) is 19.2 Å². The summed E-state index contributed by atoms with van der Waals surface area (Å²) in [5.74, 6) is -0.195. The van der Waals surface area contributed by atoms with Crippen LogP contribution in [0.25, 0.3) is 0 Å². The van der Waals surface area contributed by atoms with Crippen LogP contribution < -0.4 is 9.47 Å². The van der Waals surface area contributed by atoms with Gasteiger partial charge in [0, 0.05) is 0 Å². The Hall–Kier alpha value is -2.07. The van der Waals surface area contributed by atoms with Crippen molar-refractivity contribution in [2.45, 2.75) is 6.10 Å². The third-order valence-electron chi connectivity index (χ3n) is 2.72. The molecule has 4 heteroatoms. The summed E-state index contributed by atoms with van der Waals surface area (Å²) in [5.41, 5.74) is 0.720. The lowest BCUT2D eigenvalue weighted by Gasteiger charge is -2.15. The first-order valence-corrected chi connectivity index (χ1v) is 5.90. The van der Waals surface area contributed by atoms with Gasteiger partial charge >= 0.3 is 0 Å². The minimum atomic E-state index is -0.814. The van der Waals surface area contributed by atoms with Crippen molar-refractivity contribution in [3.05, 3.63) is 59.9 Å². The Kier molecular flexibility index (Phi) is 4.36. The average Bonchev–Trinajstić information content (AvgIpc) is 2.46. The minimum Gasteiger partial charge on any atom is -0.493 e. The molecule has 1 N–H and O–H groups in total. The largest absolute Gasteiger partial charge is 0.493 e. The normalized spacial score (nSPS) is 11.9. The third-order valence-corrected chi connectivity index (χ3v) is 2.72. The number of methoxy groups -OCH3 is 1. The lowest BCUT2D eigenvalue weighted by Crippen LogP contribution is -2.10. The van der Waals surface area contributed by atoms with Crippen molar-refractivity contribution in [1.82, 2.24) is 0 Å². The highest BCUT2D eigenvalue weighted by Crippen LogP contribution is 2.30. The van der Waals surface area contributed by atoms with Crippen LogP contribution in [-0.4, -0.2) is 18.8 Å². The molecule has 0 radical (unpaired) electrons. The van der Waals surface area contributed by atoms with Crippen LogP contribution in [0.4, 0.5) is 4.39 Å². The fourth-order valence-electron chi connectivity index (χ4n) is 1.72. The fourth-order valence-corrected chi connectivity index (χ4v) is 1.72. The van der Waals surface area contributed by atoms with Crippen molar-refractivity contribution in [3.63, 3.8) is 0 Å². The Labute approximate surface area is 111 Å². The van der Waals surface area contributed by atoms with E-state index in [1.54, 1.807) is 18.2 Å². The molecule has 0 aliphatic heterocycles. The maximum Gasteiger partial charge on any atom is 0.197 e. The molecule has 1 atom stereocenters. The van der Waals surface area contributed by atoms with Gasteiger partial charge in [-0.1, -0.05) is 36.4 Å². The van der Waals surface area contributed by atoms with Crippen molar-refractivity contribution in [2.24, 2.45) is 0 Å². The lowest BCUT2D eigenvalue weighted by atomic mass is 10.1. The van der Waals surface area contributed by atoms with Crippen LogP contribution >= 0.6 is 0 Å². The molecule has 1 unspecified atom stereocenters. The van der Waals surface area contributed by atoms with Gasteiger partial charge in [-0.05, 0) is 17.7 Å². The van der Waals surface area contributed by atoms with Crippen LogP contribution in [0.15, 0.2) is 48.5 Å². The van der Waals surface area contributed by atoms with Crippen LogP contribution in [0.5, 0.6) is 11.5 Å². The fraction of sp³-hybridized carbons (Fsp3) is 0.200. The first-order valence-electron chi connectivity index (χ1n) is 5.90. The summed E-state index contributed by atoms with van der Waals surface area (Å²) in [6, 6.07) is 13.5. The van der Waals surface area contributed by atoms with Gasteiger partial charge in [0.1, 0.15) is 12.7 Å². The molecule has 0 aromatic heterocycles. The number of hydrogen-bond donors (Lipinski definition) is 1. The molecule has 2 aromatic carbocycles. The molecule has 0 fully saturated rings. The SMILES string of the molecule is COc1cccc(F)c1OCC(O)c1ccccc1. The van der Waals surface area contributed by atoms with Crippen molar-refractivity contribution in [1.29, 1.82) is 0 Å². The van der Waals surface area contributed by atoms with E-state index >= 15 is 0 Å². The zero-order valence-corrected chi connectivity index (χ0v) is 10.5. The van der Waals surface area contributed by atoms with Crippen LogP contribution in [0.3, 0.4) is 0 Å². The highest BCUT2D eigenvalue weighted by Gasteiger charge is 2.13. The number of para-hydroxylation sites is 1.